The van der Waals surface area contributed by atoms with Crippen molar-refractivity contribution in [3.8, 4) is 0 Å². The highest BCUT2D eigenvalue weighted by molar-refractivity contribution is 5.41. The van der Waals surface area contributed by atoms with E-state index in [0.717, 1.165) is 131 Å². The second-order valence-electron chi connectivity index (χ2n) is 18.9. The maximum atomic E-state index is 12.5. The van der Waals surface area contributed by atoms with Crippen molar-refractivity contribution in [1.29, 1.82) is 0 Å². The number of rotatable bonds is 18. The zero-order valence-electron chi connectivity index (χ0n) is 37.8. The highest BCUT2D eigenvalue weighted by Gasteiger charge is 2.61. The molecule has 6 aliphatic rings. The van der Waals surface area contributed by atoms with Crippen LogP contribution in [0.25, 0.3) is 0 Å². The van der Waals surface area contributed by atoms with Crippen LogP contribution in [-0.2, 0) is 32.0 Å². The van der Waals surface area contributed by atoms with Crippen LogP contribution in [0.4, 0.5) is 0 Å². The van der Waals surface area contributed by atoms with E-state index in [4.69, 9.17) is 14.2 Å². The van der Waals surface area contributed by atoms with E-state index in [2.05, 4.69) is 97.1 Å². The molecule has 64 heavy (non-hydrogen) atoms. The SMILES string of the molecule is COCCOCC[N+]12CCC(C(O)(c3ccccc3)c3ccccc3)(CC1)CC2.OC(c1ccccc1)(c1ccccc1)C12CC[N+](CCCOCc3ccccc3)(CC1)CC2.[Br-].[Br-]. The smallest absolute Gasteiger partial charge is 0.121 e. The van der Waals surface area contributed by atoms with Gasteiger partial charge in [0.25, 0.3) is 0 Å². The first kappa shape index (κ1) is 50.2. The van der Waals surface area contributed by atoms with E-state index in [0.29, 0.717) is 19.8 Å². The maximum Gasteiger partial charge on any atom is 0.121 e. The number of nitrogens with zero attached hydrogens (tertiary/aromatic N) is 2. The largest absolute Gasteiger partial charge is 1.00 e. The third-order valence-corrected chi connectivity index (χ3v) is 15.9. The van der Waals surface area contributed by atoms with Gasteiger partial charge in [-0.3, -0.25) is 0 Å². The van der Waals surface area contributed by atoms with Crippen LogP contribution >= 0.6 is 0 Å². The Morgan fingerprint density at radius 1 is 0.438 bits per heavy atom. The van der Waals surface area contributed by atoms with Gasteiger partial charge in [-0.1, -0.05) is 152 Å². The molecule has 7 nitrogen and oxygen atoms in total. The Labute approximate surface area is 404 Å². The molecule has 0 radical (unpaired) electrons. The van der Waals surface area contributed by atoms with Crippen LogP contribution in [0.1, 0.15) is 72.8 Å². The van der Waals surface area contributed by atoms with Gasteiger partial charge in [-0.25, -0.2) is 0 Å². The summed E-state index contributed by atoms with van der Waals surface area (Å²) in [4.78, 5) is 0. The molecule has 6 heterocycles. The van der Waals surface area contributed by atoms with Crippen LogP contribution in [0.15, 0.2) is 152 Å². The maximum absolute atomic E-state index is 12.5. The van der Waals surface area contributed by atoms with Gasteiger partial charge in [0.1, 0.15) is 17.7 Å². The first-order valence-electron chi connectivity index (χ1n) is 23.4. The molecule has 0 saturated carbocycles. The summed E-state index contributed by atoms with van der Waals surface area (Å²) >= 11 is 0. The molecule has 5 aromatic rings. The minimum atomic E-state index is -0.943. The lowest BCUT2D eigenvalue weighted by atomic mass is 9.56. The van der Waals surface area contributed by atoms with Gasteiger partial charge in [-0.2, -0.15) is 0 Å². The zero-order valence-corrected chi connectivity index (χ0v) is 41.0. The number of fused-ring (bicyclic) bond motifs is 6. The van der Waals surface area contributed by atoms with Gasteiger partial charge in [-0.15, -0.1) is 0 Å². The Kier molecular flexibility index (Phi) is 17.7. The second kappa shape index (κ2) is 22.5. The first-order chi connectivity index (χ1) is 30.3. The summed E-state index contributed by atoms with van der Waals surface area (Å²) in [5.41, 5.74) is 3.27. The van der Waals surface area contributed by atoms with Crippen molar-refractivity contribution in [2.24, 2.45) is 10.8 Å². The third-order valence-electron chi connectivity index (χ3n) is 15.9. The normalized spacial score (nSPS) is 24.7. The average Bonchev–Trinajstić information content (AvgIpc) is 3.36. The molecular weight excluding hydrogens is 928 g/mol. The lowest BCUT2D eigenvalue weighted by molar-refractivity contribution is -0.946. The summed E-state index contributed by atoms with van der Waals surface area (Å²) in [6, 6.07) is 51.8. The Balaban J connectivity index is 0.000000208. The molecule has 0 aliphatic carbocycles. The molecule has 0 atom stereocenters. The lowest BCUT2D eigenvalue weighted by Gasteiger charge is -2.60. The molecule has 344 valence electrons. The lowest BCUT2D eigenvalue weighted by Crippen LogP contribution is -3.00. The van der Waals surface area contributed by atoms with E-state index in [9.17, 15) is 10.2 Å². The van der Waals surface area contributed by atoms with Crippen molar-refractivity contribution >= 4 is 0 Å². The Bertz CT molecular complexity index is 1980. The van der Waals surface area contributed by atoms with Crippen molar-refractivity contribution < 1.29 is 67.4 Å². The Hall–Kier alpha value is -3.22. The van der Waals surface area contributed by atoms with Crippen LogP contribution in [0, 0.1) is 10.8 Å². The minimum Gasteiger partial charge on any atom is -1.00 e. The highest BCUT2D eigenvalue weighted by atomic mass is 79.9. The topological polar surface area (TPSA) is 68.2 Å². The van der Waals surface area contributed by atoms with Crippen molar-refractivity contribution in [2.75, 3.05) is 85.9 Å². The monoisotopic (exact) mass is 996 g/mol. The molecule has 0 spiro atoms. The van der Waals surface area contributed by atoms with Crippen LogP contribution < -0.4 is 34.0 Å². The van der Waals surface area contributed by atoms with E-state index in [-0.39, 0.29) is 44.8 Å². The highest BCUT2D eigenvalue weighted by Crippen LogP contribution is 2.59. The minimum absolute atomic E-state index is 0. The number of aliphatic hydroxyl groups is 2. The fourth-order valence-corrected chi connectivity index (χ4v) is 11.9. The van der Waals surface area contributed by atoms with E-state index in [1.807, 2.05) is 54.6 Å². The number of hydrogen-bond donors (Lipinski definition) is 2. The molecule has 6 aliphatic heterocycles. The number of ether oxygens (including phenoxy) is 3. The van der Waals surface area contributed by atoms with Gasteiger partial charge in [-0.05, 0) is 27.8 Å². The molecule has 11 rings (SSSR count). The number of piperidine rings is 6. The Morgan fingerprint density at radius 3 is 1.14 bits per heavy atom. The molecule has 6 fully saturated rings. The van der Waals surface area contributed by atoms with Gasteiger partial charge in [0.15, 0.2) is 0 Å². The predicted molar refractivity (Wildman–Crippen MR) is 247 cm³/mol. The van der Waals surface area contributed by atoms with Gasteiger partial charge in [0, 0.05) is 62.9 Å². The number of methoxy groups -OCH3 is 1. The summed E-state index contributed by atoms with van der Waals surface area (Å²) in [7, 11) is 1.71. The van der Waals surface area contributed by atoms with Crippen LogP contribution in [0.2, 0.25) is 0 Å². The van der Waals surface area contributed by atoms with E-state index in [1.165, 1.54) is 16.6 Å². The molecule has 4 bridgehead atoms. The fraction of sp³-hybridized carbons (Fsp3) is 0.455. The van der Waals surface area contributed by atoms with Crippen molar-refractivity contribution in [3.63, 3.8) is 0 Å². The van der Waals surface area contributed by atoms with Crippen LogP contribution in [0.3, 0.4) is 0 Å². The van der Waals surface area contributed by atoms with Gasteiger partial charge < -0.3 is 67.4 Å². The number of benzene rings is 5. The molecule has 0 aromatic heterocycles. The van der Waals surface area contributed by atoms with Gasteiger partial charge >= 0.3 is 0 Å². The Morgan fingerprint density at radius 2 is 0.781 bits per heavy atom. The second-order valence-corrected chi connectivity index (χ2v) is 18.9. The molecule has 9 heteroatoms. The molecule has 5 aromatic carbocycles. The summed E-state index contributed by atoms with van der Waals surface area (Å²) < 4.78 is 19.1. The number of hydrogen-bond acceptors (Lipinski definition) is 5. The van der Waals surface area contributed by atoms with Gasteiger partial charge in [0.2, 0.25) is 0 Å². The van der Waals surface area contributed by atoms with Gasteiger partial charge in [0.05, 0.1) is 78.8 Å². The number of quaternary nitrogens is 2. The van der Waals surface area contributed by atoms with Crippen LogP contribution in [0.5, 0.6) is 0 Å². The summed E-state index contributed by atoms with van der Waals surface area (Å²) in [6.45, 7) is 12.7. The molecule has 2 N–H and O–H groups in total. The quantitative estimate of drug-likeness (QED) is 0.105. The first-order valence-corrected chi connectivity index (χ1v) is 23.4. The molecule has 0 unspecified atom stereocenters. The molecular formula is C55H70Br2N2O5. The summed E-state index contributed by atoms with van der Waals surface area (Å²) in [5, 5.41) is 24.8. The van der Waals surface area contributed by atoms with Crippen molar-refractivity contribution in [3.05, 3.63) is 179 Å². The third kappa shape index (κ3) is 10.3. The average molecular weight is 999 g/mol. The zero-order chi connectivity index (χ0) is 42.8. The standard InChI is InChI=1S/C30H36NO2.C25H34NO3.2BrH/c32-30(27-13-6-2-7-14-27,28-15-8-3-9-16-28)29-17-21-31(22-18-29,23-19-29)20-10-24-33-25-26-11-4-1-5-12-26;1-28-20-21-29-19-18-26-15-12-24(13-16-26,14-17-26)25(27,22-8-4-2-5-9-22)23-10-6-3-7-11-23;;/h1-9,11-16,32H,10,17-25H2;2-11,27H,12-21H2,1H3;2*1H/q2*+1;;/p-2. The molecule has 6 saturated heterocycles. The van der Waals surface area contributed by atoms with Crippen molar-refractivity contribution in [2.45, 2.75) is 62.8 Å². The number of halogens is 2. The van der Waals surface area contributed by atoms with E-state index in [1.54, 1.807) is 7.11 Å². The van der Waals surface area contributed by atoms with Crippen LogP contribution in [-0.4, -0.2) is 105 Å². The summed E-state index contributed by atoms with van der Waals surface area (Å²) in [5.74, 6) is 0. The predicted octanol–water partition coefficient (Wildman–Crippen LogP) is 3.12. The van der Waals surface area contributed by atoms with E-state index >= 15 is 0 Å². The molecule has 0 amide bonds. The summed E-state index contributed by atoms with van der Waals surface area (Å²) in [6.07, 6.45) is 7.44. The fourth-order valence-electron chi connectivity index (χ4n) is 11.9. The van der Waals surface area contributed by atoms with E-state index < -0.39 is 11.2 Å². The van der Waals surface area contributed by atoms with Crippen molar-refractivity contribution in [1.82, 2.24) is 0 Å².